The van der Waals surface area contributed by atoms with Gasteiger partial charge in [-0.15, -0.1) is 11.5 Å². The van der Waals surface area contributed by atoms with Crippen LogP contribution in [0.2, 0.25) is 19.6 Å². The van der Waals surface area contributed by atoms with Crippen LogP contribution in [0.4, 0.5) is 0 Å². The Morgan fingerprint density at radius 1 is 1.19 bits per heavy atom. The summed E-state index contributed by atoms with van der Waals surface area (Å²) in [5, 5.41) is 0. The van der Waals surface area contributed by atoms with Gasteiger partial charge in [-0.25, -0.2) is 0 Å². The van der Waals surface area contributed by atoms with E-state index < -0.39 is 8.07 Å². The highest BCUT2D eigenvalue weighted by atomic mass is 127. The molecule has 0 spiro atoms. The second-order valence-electron chi connectivity index (χ2n) is 5.04. The number of alkyl halides is 1. The maximum absolute atomic E-state index is 3.42. The molecule has 0 amide bonds. The number of halogens is 1. The Labute approximate surface area is 114 Å². The van der Waals surface area contributed by atoms with E-state index in [0.717, 1.165) is 12.8 Å². The van der Waals surface area contributed by atoms with Crippen LogP contribution in [0.15, 0.2) is 30.3 Å². The number of rotatable bonds is 3. The molecule has 0 N–H and O–H groups in total. The minimum atomic E-state index is -1.18. The lowest BCUT2D eigenvalue weighted by atomic mass is 10.1. The molecule has 0 aromatic heterocycles. The average Bonchev–Trinajstić information content (AvgIpc) is 2.17. The molecule has 0 radical (unpaired) electrons. The summed E-state index contributed by atoms with van der Waals surface area (Å²) in [6, 6.07) is 10.7. The second-order valence-corrected chi connectivity index (χ2v) is 11.6. The van der Waals surface area contributed by atoms with Gasteiger partial charge in [0.2, 0.25) is 0 Å². The minimum Gasteiger partial charge on any atom is -0.132 e. The SMILES string of the molecule is C[Si](C)(C)C#CC[C@@H](I)Cc1ccccc1. The van der Waals surface area contributed by atoms with Gasteiger partial charge in [0.15, 0.2) is 0 Å². The first kappa shape index (κ1) is 13.8. The van der Waals surface area contributed by atoms with Crippen LogP contribution < -0.4 is 0 Å². The molecule has 2 heteroatoms. The van der Waals surface area contributed by atoms with Gasteiger partial charge in [0.25, 0.3) is 0 Å². The van der Waals surface area contributed by atoms with Crippen molar-refractivity contribution in [2.75, 3.05) is 0 Å². The van der Waals surface area contributed by atoms with E-state index in [9.17, 15) is 0 Å². The molecule has 0 fully saturated rings. The van der Waals surface area contributed by atoms with Gasteiger partial charge in [0.05, 0.1) is 0 Å². The predicted molar refractivity (Wildman–Crippen MR) is 83.7 cm³/mol. The Morgan fingerprint density at radius 2 is 1.81 bits per heavy atom. The van der Waals surface area contributed by atoms with Crippen LogP contribution in [0, 0.1) is 11.5 Å². The topological polar surface area (TPSA) is 0 Å². The fourth-order valence-corrected chi connectivity index (χ4v) is 2.73. The Balaban J connectivity index is 2.42. The maximum Gasteiger partial charge on any atom is 0.129 e. The maximum atomic E-state index is 3.42. The van der Waals surface area contributed by atoms with E-state index in [-0.39, 0.29) is 0 Å². The highest BCUT2D eigenvalue weighted by molar-refractivity contribution is 14.1. The third-order valence-electron chi connectivity index (χ3n) is 2.09. The van der Waals surface area contributed by atoms with Crippen molar-refractivity contribution in [3.05, 3.63) is 35.9 Å². The third kappa shape index (κ3) is 6.34. The molecular weight excluding hydrogens is 323 g/mol. The molecule has 16 heavy (non-hydrogen) atoms. The molecule has 0 saturated carbocycles. The standard InChI is InChI=1S/C14H19ISi/c1-16(2,3)11-7-10-14(15)12-13-8-5-4-6-9-13/h4-6,8-9,14H,10,12H2,1-3H3/t14-/m1/s1. The highest BCUT2D eigenvalue weighted by Gasteiger charge is 2.08. The fraction of sp³-hybridized carbons (Fsp3) is 0.429. The summed E-state index contributed by atoms with van der Waals surface area (Å²) in [4.78, 5) is 0. The Bertz CT molecular complexity index is 367. The molecule has 0 nitrogen and oxygen atoms in total. The zero-order valence-corrected chi connectivity index (χ0v) is 13.4. The van der Waals surface area contributed by atoms with Gasteiger partial charge in [-0.2, -0.15) is 0 Å². The zero-order chi connectivity index (χ0) is 12.0. The van der Waals surface area contributed by atoms with Crippen molar-refractivity contribution in [2.45, 2.75) is 36.4 Å². The smallest absolute Gasteiger partial charge is 0.129 e. The molecule has 1 aromatic rings. The molecule has 0 aliphatic rings. The minimum absolute atomic E-state index is 0.629. The fourth-order valence-electron chi connectivity index (χ4n) is 1.37. The summed E-state index contributed by atoms with van der Waals surface area (Å²) < 4.78 is 0.629. The van der Waals surface area contributed by atoms with Crippen molar-refractivity contribution in [3.63, 3.8) is 0 Å². The molecule has 0 bridgehead atoms. The van der Waals surface area contributed by atoms with Crippen molar-refractivity contribution in [1.29, 1.82) is 0 Å². The lowest BCUT2D eigenvalue weighted by Gasteiger charge is -2.07. The van der Waals surface area contributed by atoms with Crippen molar-refractivity contribution in [1.82, 2.24) is 0 Å². The van der Waals surface area contributed by atoms with Crippen LogP contribution in [-0.2, 0) is 6.42 Å². The van der Waals surface area contributed by atoms with Gasteiger partial charge in [-0.1, -0.05) is 72.6 Å². The van der Waals surface area contributed by atoms with Gasteiger partial charge in [-0.05, 0) is 12.0 Å². The summed E-state index contributed by atoms with van der Waals surface area (Å²) in [5.74, 6) is 3.35. The zero-order valence-electron chi connectivity index (χ0n) is 10.3. The van der Waals surface area contributed by atoms with Crippen molar-refractivity contribution in [2.24, 2.45) is 0 Å². The molecule has 0 aliphatic carbocycles. The Hall–Kier alpha value is -0.273. The van der Waals surface area contributed by atoms with E-state index in [2.05, 4.69) is 84.0 Å². The normalized spacial score (nSPS) is 12.8. The largest absolute Gasteiger partial charge is 0.132 e. The third-order valence-corrected chi connectivity index (χ3v) is 3.89. The summed E-state index contributed by atoms with van der Waals surface area (Å²) in [7, 11) is -1.18. The van der Waals surface area contributed by atoms with Crippen LogP contribution in [0.25, 0.3) is 0 Å². The van der Waals surface area contributed by atoms with Gasteiger partial charge in [0, 0.05) is 10.3 Å². The van der Waals surface area contributed by atoms with Crippen LogP contribution in [-0.4, -0.2) is 12.0 Å². The Kier molecular flexibility index (Phi) is 5.57. The van der Waals surface area contributed by atoms with E-state index in [1.165, 1.54) is 5.56 Å². The lowest BCUT2D eigenvalue weighted by Crippen LogP contribution is -2.16. The molecule has 0 unspecified atom stereocenters. The van der Waals surface area contributed by atoms with Crippen LogP contribution in [0.5, 0.6) is 0 Å². The molecule has 1 atom stereocenters. The molecular formula is C14H19ISi. The van der Waals surface area contributed by atoms with E-state index in [0.29, 0.717) is 3.92 Å². The summed E-state index contributed by atoms with van der Waals surface area (Å²) >= 11 is 2.51. The second kappa shape index (κ2) is 6.46. The number of benzene rings is 1. The molecule has 1 rings (SSSR count). The van der Waals surface area contributed by atoms with Gasteiger partial charge < -0.3 is 0 Å². The van der Waals surface area contributed by atoms with Crippen molar-refractivity contribution in [3.8, 4) is 11.5 Å². The average molecular weight is 342 g/mol. The van der Waals surface area contributed by atoms with Crippen molar-refractivity contribution >= 4 is 30.7 Å². The summed E-state index contributed by atoms with van der Waals surface area (Å²) in [5.41, 5.74) is 4.84. The van der Waals surface area contributed by atoms with Gasteiger partial charge in [-0.3, -0.25) is 0 Å². The van der Waals surface area contributed by atoms with Crippen molar-refractivity contribution < 1.29 is 0 Å². The van der Waals surface area contributed by atoms with E-state index in [1.807, 2.05) is 0 Å². The number of hydrogen-bond donors (Lipinski definition) is 0. The van der Waals surface area contributed by atoms with Crippen LogP contribution >= 0.6 is 22.6 Å². The first-order chi connectivity index (χ1) is 7.47. The lowest BCUT2D eigenvalue weighted by molar-refractivity contribution is 0.912. The van der Waals surface area contributed by atoms with Gasteiger partial charge >= 0.3 is 0 Å². The monoisotopic (exact) mass is 342 g/mol. The molecule has 0 heterocycles. The highest BCUT2D eigenvalue weighted by Crippen LogP contribution is 2.13. The Morgan fingerprint density at radius 3 is 2.38 bits per heavy atom. The van der Waals surface area contributed by atoms with E-state index in [4.69, 9.17) is 0 Å². The predicted octanol–water partition coefficient (Wildman–Crippen LogP) is 4.30. The molecule has 0 saturated heterocycles. The first-order valence-corrected chi connectivity index (χ1v) is 10.4. The first-order valence-electron chi connectivity index (χ1n) is 5.65. The van der Waals surface area contributed by atoms with Crippen LogP contribution in [0.1, 0.15) is 12.0 Å². The number of hydrogen-bond acceptors (Lipinski definition) is 0. The van der Waals surface area contributed by atoms with Gasteiger partial charge in [0.1, 0.15) is 8.07 Å². The quantitative estimate of drug-likeness (QED) is 0.332. The molecule has 1 aromatic carbocycles. The molecule has 0 aliphatic heterocycles. The van der Waals surface area contributed by atoms with Crippen LogP contribution in [0.3, 0.4) is 0 Å². The summed E-state index contributed by atoms with van der Waals surface area (Å²) in [6.07, 6.45) is 2.14. The van der Waals surface area contributed by atoms with E-state index >= 15 is 0 Å². The summed E-state index contributed by atoms with van der Waals surface area (Å²) in [6.45, 7) is 6.87. The van der Waals surface area contributed by atoms with E-state index in [1.54, 1.807) is 0 Å². The molecule has 86 valence electrons.